The summed E-state index contributed by atoms with van der Waals surface area (Å²) >= 11 is 5.99. The average Bonchev–Trinajstić information content (AvgIpc) is 2.47. The van der Waals surface area contributed by atoms with E-state index in [0.29, 0.717) is 17.1 Å². The van der Waals surface area contributed by atoms with Gasteiger partial charge in [0.2, 0.25) is 10.0 Å². The number of likely N-dealkylation sites (tertiary alicyclic amines) is 1. The van der Waals surface area contributed by atoms with Crippen LogP contribution in [0.25, 0.3) is 0 Å². The second-order valence-corrected chi connectivity index (χ2v) is 7.71. The number of piperidine rings is 1. The van der Waals surface area contributed by atoms with Gasteiger partial charge in [0.1, 0.15) is 0 Å². The third-order valence-corrected chi connectivity index (χ3v) is 5.43. The Hall–Kier alpha value is -0.620. The van der Waals surface area contributed by atoms with Crippen molar-refractivity contribution in [2.24, 2.45) is 0 Å². The van der Waals surface area contributed by atoms with Crippen molar-refractivity contribution < 1.29 is 8.42 Å². The molecule has 0 amide bonds. The van der Waals surface area contributed by atoms with Crippen LogP contribution in [0.2, 0.25) is 5.02 Å². The van der Waals surface area contributed by atoms with Gasteiger partial charge in [-0.1, -0.05) is 36.2 Å². The molecule has 0 aromatic heterocycles. The fraction of sp³-hybridized carbons (Fsp3) is 0.600. The number of nitrogens with one attached hydrogen (secondary N) is 1. The Bertz CT molecular complexity index is 542. The zero-order valence-corrected chi connectivity index (χ0v) is 13.8. The first-order valence-electron chi connectivity index (χ1n) is 7.50. The molecule has 1 aromatic rings. The monoisotopic (exact) mass is 330 g/mol. The Kier molecular flexibility index (Phi) is 6.48. The maximum absolute atomic E-state index is 12.0. The molecule has 0 saturated carbocycles. The number of sulfonamides is 1. The van der Waals surface area contributed by atoms with Crippen molar-refractivity contribution in [2.45, 2.75) is 31.4 Å². The highest BCUT2D eigenvalue weighted by molar-refractivity contribution is 7.88. The van der Waals surface area contributed by atoms with Gasteiger partial charge in [-0.25, -0.2) is 13.1 Å². The molecule has 1 aliphatic rings. The maximum atomic E-state index is 12.0. The Balaban J connectivity index is 1.72. The highest BCUT2D eigenvalue weighted by atomic mass is 35.5. The second-order valence-electron chi connectivity index (χ2n) is 5.50. The third-order valence-electron chi connectivity index (χ3n) is 3.73. The summed E-state index contributed by atoms with van der Waals surface area (Å²) in [6, 6.07) is 7.05. The van der Waals surface area contributed by atoms with Crippen LogP contribution < -0.4 is 4.72 Å². The van der Waals surface area contributed by atoms with Crippen LogP contribution in [0.15, 0.2) is 24.3 Å². The molecule has 1 aromatic carbocycles. The molecule has 1 fully saturated rings. The second kappa shape index (κ2) is 8.13. The number of benzene rings is 1. The molecule has 0 unspecified atom stereocenters. The van der Waals surface area contributed by atoms with Crippen molar-refractivity contribution in [3.05, 3.63) is 34.9 Å². The first kappa shape index (κ1) is 16.7. The molecule has 1 aliphatic heterocycles. The van der Waals surface area contributed by atoms with Gasteiger partial charge >= 0.3 is 0 Å². The summed E-state index contributed by atoms with van der Waals surface area (Å²) < 4.78 is 26.7. The minimum Gasteiger partial charge on any atom is -0.303 e. The van der Waals surface area contributed by atoms with Gasteiger partial charge in [-0.3, -0.25) is 0 Å². The summed E-state index contributed by atoms with van der Waals surface area (Å²) in [6.45, 7) is 3.75. The molecular formula is C15H23ClN2O2S. The van der Waals surface area contributed by atoms with Crippen LogP contribution in [0.4, 0.5) is 0 Å². The SMILES string of the molecule is O=S(=O)(Cc1ccccc1Cl)NCCCN1CCCCC1. The fourth-order valence-electron chi connectivity index (χ4n) is 2.58. The van der Waals surface area contributed by atoms with Gasteiger partial charge in [-0.2, -0.15) is 0 Å². The summed E-state index contributed by atoms with van der Waals surface area (Å²) in [5.74, 6) is -0.0591. The Labute approximate surface area is 132 Å². The lowest BCUT2D eigenvalue weighted by Gasteiger charge is -2.26. The third kappa shape index (κ3) is 5.94. The number of hydrogen-bond acceptors (Lipinski definition) is 3. The van der Waals surface area contributed by atoms with Gasteiger partial charge in [-0.15, -0.1) is 0 Å². The quantitative estimate of drug-likeness (QED) is 0.782. The predicted molar refractivity (Wildman–Crippen MR) is 87.0 cm³/mol. The molecule has 1 heterocycles. The standard InChI is InChI=1S/C15H23ClN2O2S/c16-15-8-3-2-7-14(15)13-21(19,20)17-9-6-12-18-10-4-1-5-11-18/h2-3,7-8,17H,1,4-6,9-13H2. The first-order chi connectivity index (χ1) is 10.1. The van der Waals surface area contributed by atoms with Crippen molar-refractivity contribution in [1.29, 1.82) is 0 Å². The van der Waals surface area contributed by atoms with Crippen LogP contribution >= 0.6 is 11.6 Å². The van der Waals surface area contributed by atoms with E-state index in [0.717, 1.165) is 26.1 Å². The van der Waals surface area contributed by atoms with Gasteiger partial charge in [0.25, 0.3) is 0 Å². The summed E-state index contributed by atoms with van der Waals surface area (Å²) in [5.41, 5.74) is 0.641. The van der Waals surface area contributed by atoms with E-state index in [1.54, 1.807) is 24.3 Å². The van der Waals surface area contributed by atoms with E-state index in [9.17, 15) is 8.42 Å². The minimum atomic E-state index is -3.31. The molecule has 0 radical (unpaired) electrons. The first-order valence-corrected chi connectivity index (χ1v) is 9.53. The number of rotatable bonds is 7. The number of hydrogen-bond donors (Lipinski definition) is 1. The highest BCUT2D eigenvalue weighted by Crippen LogP contribution is 2.17. The molecule has 118 valence electrons. The van der Waals surface area contributed by atoms with E-state index in [4.69, 9.17) is 11.6 Å². The fourth-order valence-corrected chi connectivity index (χ4v) is 4.08. The summed E-state index contributed by atoms with van der Waals surface area (Å²) in [4.78, 5) is 2.41. The molecule has 0 spiro atoms. The topological polar surface area (TPSA) is 49.4 Å². The minimum absolute atomic E-state index is 0.0591. The van der Waals surface area contributed by atoms with E-state index >= 15 is 0 Å². The average molecular weight is 331 g/mol. The number of nitrogens with zero attached hydrogens (tertiary/aromatic N) is 1. The van der Waals surface area contributed by atoms with Gasteiger partial charge in [-0.05, 0) is 50.5 Å². The molecule has 0 aliphatic carbocycles. The molecule has 21 heavy (non-hydrogen) atoms. The Morgan fingerprint density at radius 3 is 2.57 bits per heavy atom. The van der Waals surface area contributed by atoms with Gasteiger partial charge in [0, 0.05) is 11.6 Å². The zero-order chi connectivity index (χ0) is 15.1. The van der Waals surface area contributed by atoms with E-state index in [2.05, 4.69) is 9.62 Å². The molecular weight excluding hydrogens is 308 g/mol. The van der Waals surface area contributed by atoms with Crippen LogP contribution in [0, 0.1) is 0 Å². The zero-order valence-electron chi connectivity index (χ0n) is 12.2. The van der Waals surface area contributed by atoms with Gasteiger partial charge in [0.15, 0.2) is 0 Å². The van der Waals surface area contributed by atoms with Crippen molar-refractivity contribution in [3.8, 4) is 0 Å². The van der Waals surface area contributed by atoms with Crippen LogP contribution in [0.1, 0.15) is 31.2 Å². The van der Waals surface area contributed by atoms with Crippen LogP contribution in [0.5, 0.6) is 0 Å². The molecule has 2 rings (SSSR count). The molecule has 0 atom stereocenters. The molecule has 1 N–H and O–H groups in total. The van der Waals surface area contributed by atoms with E-state index < -0.39 is 10.0 Å². The lowest BCUT2D eigenvalue weighted by Crippen LogP contribution is -2.33. The summed E-state index contributed by atoms with van der Waals surface area (Å²) in [5, 5.41) is 0.496. The molecule has 4 nitrogen and oxygen atoms in total. The van der Waals surface area contributed by atoms with Crippen LogP contribution in [-0.4, -0.2) is 39.5 Å². The number of halogens is 1. The lowest BCUT2D eigenvalue weighted by atomic mass is 10.1. The van der Waals surface area contributed by atoms with Gasteiger partial charge in [0.05, 0.1) is 5.75 Å². The lowest BCUT2D eigenvalue weighted by molar-refractivity contribution is 0.227. The van der Waals surface area contributed by atoms with Crippen molar-refractivity contribution in [2.75, 3.05) is 26.2 Å². The predicted octanol–water partition coefficient (Wildman–Crippen LogP) is 2.64. The summed E-state index contributed by atoms with van der Waals surface area (Å²) in [7, 11) is -3.31. The smallest absolute Gasteiger partial charge is 0.215 e. The molecule has 1 saturated heterocycles. The van der Waals surface area contributed by atoms with E-state index in [1.165, 1.54) is 19.3 Å². The van der Waals surface area contributed by atoms with Crippen molar-refractivity contribution in [1.82, 2.24) is 9.62 Å². The Morgan fingerprint density at radius 1 is 1.14 bits per heavy atom. The van der Waals surface area contributed by atoms with Crippen molar-refractivity contribution in [3.63, 3.8) is 0 Å². The van der Waals surface area contributed by atoms with Crippen molar-refractivity contribution >= 4 is 21.6 Å². The molecule has 0 bridgehead atoms. The highest BCUT2D eigenvalue weighted by Gasteiger charge is 2.14. The summed E-state index contributed by atoms with van der Waals surface area (Å²) in [6.07, 6.45) is 4.69. The van der Waals surface area contributed by atoms with Crippen LogP contribution in [-0.2, 0) is 15.8 Å². The van der Waals surface area contributed by atoms with Gasteiger partial charge < -0.3 is 4.90 Å². The largest absolute Gasteiger partial charge is 0.303 e. The van der Waals surface area contributed by atoms with Crippen LogP contribution in [0.3, 0.4) is 0 Å². The maximum Gasteiger partial charge on any atom is 0.215 e. The normalized spacial score (nSPS) is 17.0. The molecule has 6 heteroatoms. The van der Waals surface area contributed by atoms with E-state index in [-0.39, 0.29) is 5.75 Å². The van der Waals surface area contributed by atoms with E-state index in [1.807, 2.05) is 0 Å². The Morgan fingerprint density at radius 2 is 1.86 bits per heavy atom.